The normalized spacial score (nSPS) is 14.9. The molecule has 0 spiro atoms. The molecule has 1 fully saturated rings. The number of ether oxygens (including phenoxy) is 1. The zero-order chi connectivity index (χ0) is 18.5. The van der Waals surface area contributed by atoms with Gasteiger partial charge in [-0.05, 0) is 62.2 Å². The molecule has 1 atom stereocenters. The zero-order valence-corrected chi connectivity index (χ0v) is 15.2. The quantitative estimate of drug-likeness (QED) is 0.785. The minimum atomic E-state index is -0.456. The summed E-state index contributed by atoms with van der Waals surface area (Å²) >= 11 is 0. The van der Waals surface area contributed by atoms with Gasteiger partial charge >= 0.3 is 0 Å². The van der Waals surface area contributed by atoms with Crippen molar-refractivity contribution in [2.45, 2.75) is 38.4 Å². The van der Waals surface area contributed by atoms with Crippen molar-refractivity contribution < 1.29 is 13.9 Å². The van der Waals surface area contributed by atoms with E-state index >= 15 is 0 Å². The van der Waals surface area contributed by atoms with E-state index in [1.807, 2.05) is 43.1 Å². The Morgan fingerprint density at radius 2 is 1.85 bits per heavy atom. The van der Waals surface area contributed by atoms with Gasteiger partial charge in [-0.1, -0.05) is 24.3 Å². The number of nitrogens with zero attached hydrogens (tertiary/aromatic N) is 1. The average Bonchev–Trinajstić information content (AvgIpc) is 3.43. The van der Waals surface area contributed by atoms with E-state index in [4.69, 9.17) is 4.74 Å². The first-order valence-electron chi connectivity index (χ1n) is 9.04. The van der Waals surface area contributed by atoms with Crippen LogP contribution >= 0.6 is 0 Å². The number of amides is 1. The van der Waals surface area contributed by atoms with Crippen molar-refractivity contribution in [2.24, 2.45) is 0 Å². The summed E-state index contributed by atoms with van der Waals surface area (Å²) in [6.45, 7) is 3.19. The van der Waals surface area contributed by atoms with Gasteiger partial charge in [0.15, 0.2) is 0 Å². The first kappa shape index (κ1) is 18.4. The van der Waals surface area contributed by atoms with Gasteiger partial charge in [-0.3, -0.25) is 9.69 Å². The zero-order valence-electron chi connectivity index (χ0n) is 15.2. The minimum absolute atomic E-state index is 0.0347. The van der Waals surface area contributed by atoms with Crippen LogP contribution in [-0.2, 0) is 11.3 Å². The average molecular weight is 356 g/mol. The molecule has 2 aromatic rings. The monoisotopic (exact) mass is 356 g/mol. The van der Waals surface area contributed by atoms with Crippen molar-refractivity contribution in [3.05, 3.63) is 65.5 Å². The maximum absolute atomic E-state index is 13.3. The topological polar surface area (TPSA) is 41.6 Å². The molecule has 1 unspecified atom stereocenters. The SMILES string of the molecule is CCOc1ccc(CN(C)C(C(=O)NC2CC2)c2ccc(F)cc2)cc1. The van der Waals surface area contributed by atoms with E-state index in [0.29, 0.717) is 13.2 Å². The fourth-order valence-corrected chi connectivity index (χ4v) is 3.00. The van der Waals surface area contributed by atoms with Crippen molar-refractivity contribution in [1.29, 1.82) is 0 Å². The van der Waals surface area contributed by atoms with Crippen LogP contribution in [0.15, 0.2) is 48.5 Å². The molecule has 5 heteroatoms. The van der Waals surface area contributed by atoms with Crippen molar-refractivity contribution in [3.8, 4) is 5.75 Å². The van der Waals surface area contributed by atoms with Gasteiger partial charge in [0.05, 0.1) is 6.61 Å². The molecule has 0 saturated heterocycles. The Balaban J connectivity index is 1.75. The van der Waals surface area contributed by atoms with Gasteiger partial charge in [-0.2, -0.15) is 0 Å². The van der Waals surface area contributed by atoms with E-state index in [9.17, 15) is 9.18 Å². The smallest absolute Gasteiger partial charge is 0.242 e. The van der Waals surface area contributed by atoms with Gasteiger partial charge < -0.3 is 10.1 Å². The molecule has 26 heavy (non-hydrogen) atoms. The van der Waals surface area contributed by atoms with E-state index in [-0.39, 0.29) is 17.8 Å². The molecule has 0 aromatic heterocycles. The number of halogens is 1. The number of carbonyl (C=O) groups excluding carboxylic acids is 1. The van der Waals surface area contributed by atoms with Crippen molar-refractivity contribution in [2.75, 3.05) is 13.7 Å². The highest BCUT2D eigenvalue weighted by Gasteiger charge is 2.30. The van der Waals surface area contributed by atoms with Gasteiger partial charge in [0.25, 0.3) is 0 Å². The molecule has 4 nitrogen and oxygen atoms in total. The van der Waals surface area contributed by atoms with Crippen molar-refractivity contribution >= 4 is 5.91 Å². The molecular weight excluding hydrogens is 331 g/mol. The van der Waals surface area contributed by atoms with Crippen LogP contribution in [0.4, 0.5) is 4.39 Å². The summed E-state index contributed by atoms with van der Waals surface area (Å²) in [5.41, 5.74) is 1.88. The molecule has 1 aliphatic rings. The summed E-state index contributed by atoms with van der Waals surface area (Å²) in [5, 5.41) is 3.07. The van der Waals surface area contributed by atoms with Crippen molar-refractivity contribution in [3.63, 3.8) is 0 Å². The summed E-state index contributed by atoms with van der Waals surface area (Å²) in [4.78, 5) is 14.8. The molecule has 0 aliphatic heterocycles. The molecule has 138 valence electrons. The van der Waals surface area contributed by atoms with Gasteiger partial charge in [-0.25, -0.2) is 4.39 Å². The first-order chi connectivity index (χ1) is 12.6. The van der Waals surface area contributed by atoms with Crippen LogP contribution in [0.5, 0.6) is 5.75 Å². The molecule has 3 rings (SSSR count). The Morgan fingerprint density at radius 1 is 1.19 bits per heavy atom. The fraction of sp³-hybridized carbons (Fsp3) is 0.381. The van der Waals surface area contributed by atoms with Gasteiger partial charge in [0.1, 0.15) is 17.6 Å². The predicted molar refractivity (Wildman–Crippen MR) is 99.4 cm³/mol. The summed E-state index contributed by atoms with van der Waals surface area (Å²) in [6, 6.07) is 13.9. The lowest BCUT2D eigenvalue weighted by Crippen LogP contribution is -2.39. The predicted octanol–water partition coefficient (Wildman–Crippen LogP) is 3.68. The lowest BCUT2D eigenvalue weighted by Gasteiger charge is -2.28. The Bertz CT molecular complexity index is 727. The molecule has 0 radical (unpaired) electrons. The van der Waals surface area contributed by atoms with E-state index < -0.39 is 6.04 Å². The fourth-order valence-electron chi connectivity index (χ4n) is 3.00. The second-order valence-electron chi connectivity index (χ2n) is 6.73. The van der Waals surface area contributed by atoms with Crippen LogP contribution in [0.25, 0.3) is 0 Å². The standard InChI is InChI=1S/C21H25FN2O2/c1-3-26-19-12-4-15(5-13-19)14-24(2)20(21(25)23-18-10-11-18)16-6-8-17(22)9-7-16/h4-9,12-13,18,20H,3,10-11,14H2,1-2H3,(H,23,25). The Hall–Kier alpha value is -2.40. The lowest BCUT2D eigenvalue weighted by molar-refractivity contribution is -0.126. The van der Waals surface area contributed by atoms with E-state index in [1.165, 1.54) is 12.1 Å². The summed E-state index contributed by atoms with van der Waals surface area (Å²) in [7, 11) is 1.91. The molecule has 1 amide bonds. The highest BCUT2D eigenvalue weighted by atomic mass is 19.1. The Labute approximate surface area is 154 Å². The molecule has 0 bridgehead atoms. The van der Waals surface area contributed by atoms with Crippen LogP contribution < -0.4 is 10.1 Å². The molecule has 2 aromatic carbocycles. The van der Waals surface area contributed by atoms with Gasteiger partial charge in [0.2, 0.25) is 5.91 Å². The number of hydrogen-bond acceptors (Lipinski definition) is 3. The maximum Gasteiger partial charge on any atom is 0.242 e. The number of likely N-dealkylation sites (N-methyl/N-ethyl adjacent to an activating group) is 1. The van der Waals surface area contributed by atoms with Crippen LogP contribution in [0.2, 0.25) is 0 Å². The number of rotatable bonds is 8. The molecular formula is C21H25FN2O2. The lowest BCUT2D eigenvalue weighted by atomic mass is 10.0. The third-order valence-corrected chi connectivity index (χ3v) is 4.46. The highest BCUT2D eigenvalue weighted by molar-refractivity contribution is 5.83. The Kier molecular flexibility index (Phi) is 5.89. The first-order valence-corrected chi connectivity index (χ1v) is 9.04. The minimum Gasteiger partial charge on any atom is -0.494 e. The third kappa shape index (κ3) is 4.82. The second kappa shape index (κ2) is 8.32. The molecule has 1 saturated carbocycles. The highest BCUT2D eigenvalue weighted by Crippen LogP contribution is 2.26. The number of benzene rings is 2. The summed E-state index contributed by atoms with van der Waals surface area (Å²) < 4.78 is 18.8. The summed E-state index contributed by atoms with van der Waals surface area (Å²) in [5.74, 6) is 0.497. The van der Waals surface area contributed by atoms with Crippen LogP contribution in [0.3, 0.4) is 0 Å². The van der Waals surface area contributed by atoms with Crippen LogP contribution in [-0.4, -0.2) is 30.5 Å². The summed E-state index contributed by atoms with van der Waals surface area (Å²) in [6.07, 6.45) is 2.06. The van der Waals surface area contributed by atoms with Gasteiger partial charge in [0, 0.05) is 12.6 Å². The third-order valence-electron chi connectivity index (χ3n) is 4.46. The van der Waals surface area contributed by atoms with Crippen LogP contribution in [0, 0.1) is 5.82 Å². The molecule has 1 aliphatic carbocycles. The number of nitrogens with one attached hydrogen (secondary N) is 1. The Morgan fingerprint density at radius 3 is 2.42 bits per heavy atom. The van der Waals surface area contributed by atoms with E-state index in [0.717, 1.165) is 29.7 Å². The van der Waals surface area contributed by atoms with Crippen molar-refractivity contribution in [1.82, 2.24) is 10.2 Å². The maximum atomic E-state index is 13.3. The van der Waals surface area contributed by atoms with E-state index in [2.05, 4.69) is 5.32 Å². The largest absolute Gasteiger partial charge is 0.494 e. The molecule has 0 heterocycles. The van der Waals surface area contributed by atoms with E-state index in [1.54, 1.807) is 12.1 Å². The molecule has 1 N–H and O–H groups in total. The number of hydrogen-bond donors (Lipinski definition) is 1. The number of carbonyl (C=O) groups is 1. The van der Waals surface area contributed by atoms with Crippen LogP contribution in [0.1, 0.15) is 36.9 Å². The second-order valence-corrected chi connectivity index (χ2v) is 6.73. The van der Waals surface area contributed by atoms with Gasteiger partial charge in [-0.15, -0.1) is 0 Å².